The van der Waals surface area contributed by atoms with E-state index in [-0.39, 0.29) is 5.91 Å². The lowest BCUT2D eigenvalue weighted by Gasteiger charge is -2.19. The van der Waals surface area contributed by atoms with Crippen LogP contribution in [0.4, 0.5) is 5.00 Å². The molecule has 7 heteroatoms. The summed E-state index contributed by atoms with van der Waals surface area (Å²) in [6, 6.07) is 0. The van der Waals surface area contributed by atoms with Gasteiger partial charge in [0, 0.05) is 28.4 Å². The number of nitrogens with two attached hydrogens (primary N) is 1. The second kappa shape index (κ2) is 9.98. The number of anilines is 1. The van der Waals surface area contributed by atoms with Crippen molar-refractivity contribution >= 4 is 40.1 Å². The van der Waals surface area contributed by atoms with Crippen molar-refractivity contribution in [3.05, 3.63) is 50.8 Å². The maximum absolute atomic E-state index is 12.9. The van der Waals surface area contributed by atoms with Gasteiger partial charge in [0.05, 0.1) is 5.56 Å². The minimum atomic E-state index is -0.451. The molecule has 4 rings (SSSR count). The molecule has 0 bridgehead atoms. The second-order valence-corrected chi connectivity index (χ2v) is 10.4. The van der Waals surface area contributed by atoms with E-state index in [2.05, 4.69) is 15.7 Å². The van der Waals surface area contributed by atoms with Crippen molar-refractivity contribution in [2.45, 2.75) is 57.8 Å². The van der Waals surface area contributed by atoms with Crippen molar-refractivity contribution < 1.29 is 9.59 Å². The number of aryl methyl sites for hydroxylation is 1. The molecule has 0 unspecified atom stereocenters. The molecule has 0 radical (unpaired) electrons. The molecular formula is C23H29N3O2S2. The van der Waals surface area contributed by atoms with E-state index in [4.69, 9.17) is 5.73 Å². The Balaban J connectivity index is 1.43. The van der Waals surface area contributed by atoms with Crippen LogP contribution in [0.5, 0.6) is 0 Å². The van der Waals surface area contributed by atoms with Gasteiger partial charge in [-0.3, -0.25) is 9.59 Å². The molecule has 0 spiro atoms. The van der Waals surface area contributed by atoms with Gasteiger partial charge in [0.1, 0.15) is 5.00 Å². The predicted molar refractivity (Wildman–Crippen MR) is 126 cm³/mol. The molecule has 1 saturated heterocycles. The Morgan fingerprint density at radius 3 is 2.60 bits per heavy atom. The number of carbonyl (C=O) groups excluding carboxylic acids is 2. The van der Waals surface area contributed by atoms with Crippen LogP contribution in [0.3, 0.4) is 0 Å². The number of nitrogens with zero attached hydrogens (tertiary/aromatic N) is 1. The molecule has 160 valence electrons. The zero-order valence-electron chi connectivity index (χ0n) is 17.2. The molecule has 0 saturated carbocycles. The average molecular weight is 444 g/mol. The van der Waals surface area contributed by atoms with E-state index in [0.717, 1.165) is 50.8 Å². The first-order valence-electron chi connectivity index (χ1n) is 10.9. The fourth-order valence-corrected chi connectivity index (χ4v) is 6.59. The standard InChI is InChI=1S/C23H29N3O2S2/c24-21(27)20-18-10-3-4-11-19(18)29-23(20)25-22(28)16-8-7-9-17(13-12-16)30-26-14-5-1-2-6-15-26/h7-9,12H,1-6,10-11,13-15H2,(H2,24,27)(H,25,28). The highest BCUT2D eigenvalue weighted by atomic mass is 32.2. The minimum absolute atomic E-state index is 0.179. The third-order valence-corrected chi connectivity index (χ3v) is 8.17. The predicted octanol–water partition coefficient (Wildman–Crippen LogP) is 4.96. The largest absolute Gasteiger partial charge is 0.365 e. The molecule has 30 heavy (non-hydrogen) atoms. The molecule has 3 aliphatic rings. The first-order chi connectivity index (χ1) is 14.6. The van der Waals surface area contributed by atoms with Gasteiger partial charge in [-0.15, -0.1) is 11.3 Å². The van der Waals surface area contributed by atoms with Crippen molar-refractivity contribution in [3.8, 4) is 0 Å². The highest BCUT2D eigenvalue weighted by molar-refractivity contribution is 8.00. The molecule has 1 aromatic rings. The number of amides is 2. The van der Waals surface area contributed by atoms with Gasteiger partial charge in [-0.1, -0.05) is 31.1 Å². The molecule has 0 aromatic carbocycles. The topological polar surface area (TPSA) is 75.4 Å². The van der Waals surface area contributed by atoms with E-state index in [1.54, 1.807) is 0 Å². The Hall–Kier alpha value is -1.83. The van der Waals surface area contributed by atoms with Crippen molar-refractivity contribution in [3.63, 3.8) is 0 Å². The van der Waals surface area contributed by atoms with Gasteiger partial charge < -0.3 is 11.1 Å². The zero-order valence-corrected chi connectivity index (χ0v) is 18.9. The second-order valence-electron chi connectivity index (χ2n) is 8.02. The summed E-state index contributed by atoms with van der Waals surface area (Å²) < 4.78 is 2.45. The first kappa shape index (κ1) is 21.4. The van der Waals surface area contributed by atoms with Crippen LogP contribution in [0.2, 0.25) is 0 Å². The molecule has 2 aliphatic carbocycles. The summed E-state index contributed by atoms with van der Waals surface area (Å²) >= 11 is 3.32. The maximum Gasteiger partial charge on any atom is 0.255 e. The zero-order chi connectivity index (χ0) is 20.9. The summed E-state index contributed by atoms with van der Waals surface area (Å²) in [6.45, 7) is 2.25. The van der Waals surface area contributed by atoms with E-state index in [0.29, 0.717) is 16.1 Å². The van der Waals surface area contributed by atoms with Gasteiger partial charge in [0.2, 0.25) is 0 Å². The van der Waals surface area contributed by atoms with Crippen LogP contribution in [-0.4, -0.2) is 29.2 Å². The van der Waals surface area contributed by atoms with Gasteiger partial charge in [-0.05, 0) is 68.5 Å². The summed E-state index contributed by atoms with van der Waals surface area (Å²) in [6.07, 6.45) is 17.8. The smallest absolute Gasteiger partial charge is 0.255 e. The van der Waals surface area contributed by atoms with Crippen molar-refractivity contribution in [2.75, 3.05) is 18.4 Å². The van der Waals surface area contributed by atoms with E-state index in [1.165, 1.54) is 46.8 Å². The highest BCUT2D eigenvalue weighted by Crippen LogP contribution is 2.38. The molecule has 3 N–H and O–H groups in total. The number of hydrogen-bond donors (Lipinski definition) is 2. The number of nitrogens with one attached hydrogen (secondary N) is 1. The Morgan fingerprint density at radius 1 is 1.07 bits per heavy atom. The number of carbonyl (C=O) groups is 2. The monoisotopic (exact) mass is 443 g/mol. The molecule has 1 fully saturated rings. The summed E-state index contributed by atoms with van der Waals surface area (Å²) in [5.41, 5.74) is 7.83. The van der Waals surface area contributed by atoms with Crippen LogP contribution in [0.1, 0.15) is 65.7 Å². The number of thiophene rings is 1. The summed E-state index contributed by atoms with van der Waals surface area (Å²) in [7, 11) is 0. The average Bonchev–Trinajstić information content (AvgIpc) is 2.89. The molecule has 5 nitrogen and oxygen atoms in total. The quantitative estimate of drug-likeness (QED) is 0.631. The lowest BCUT2D eigenvalue weighted by Crippen LogP contribution is -2.19. The van der Waals surface area contributed by atoms with Crippen LogP contribution in [0.15, 0.2) is 34.8 Å². The van der Waals surface area contributed by atoms with Gasteiger partial charge in [0.15, 0.2) is 0 Å². The van der Waals surface area contributed by atoms with Crippen molar-refractivity contribution in [1.29, 1.82) is 0 Å². The molecule has 1 aliphatic heterocycles. The summed E-state index contributed by atoms with van der Waals surface area (Å²) in [5, 5.41) is 3.57. The van der Waals surface area contributed by atoms with Gasteiger partial charge in [-0.25, -0.2) is 4.31 Å². The maximum atomic E-state index is 12.9. The lowest BCUT2D eigenvalue weighted by atomic mass is 9.95. The molecule has 1 aromatic heterocycles. The highest BCUT2D eigenvalue weighted by Gasteiger charge is 2.25. The number of hydrogen-bond acceptors (Lipinski definition) is 5. The third-order valence-electron chi connectivity index (χ3n) is 5.80. The number of rotatable bonds is 5. The Morgan fingerprint density at radius 2 is 1.83 bits per heavy atom. The fourth-order valence-electron chi connectivity index (χ4n) is 4.23. The normalized spacial score (nSPS) is 19.9. The van der Waals surface area contributed by atoms with Gasteiger partial charge >= 0.3 is 0 Å². The fraction of sp³-hybridized carbons (Fsp3) is 0.478. The van der Waals surface area contributed by atoms with Gasteiger partial charge in [0.25, 0.3) is 11.8 Å². The molecule has 2 amide bonds. The minimum Gasteiger partial charge on any atom is -0.365 e. The number of fused-ring (bicyclic) bond motifs is 1. The lowest BCUT2D eigenvalue weighted by molar-refractivity contribution is -0.112. The molecular weight excluding hydrogens is 414 g/mol. The Bertz CT molecular complexity index is 906. The van der Waals surface area contributed by atoms with E-state index in [9.17, 15) is 9.59 Å². The van der Waals surface area contributed by atoms with E-state index >= 15 is 0 Å². The summed E-state index contributed by atoms with van der Waals surface area (Å²) in [5.74, 6) is -0.630. The van der Waals surface area contributed by atoms with Crippen LogP contribution >= 0.6 is 23.3 Å². The number of primary amides is 1. The van der Waals surface area contributed by atoms with Crippen LogP contribution in [0.25, 0.3) is 0 Å². The first-order valence-corrected chi connectivity index (χ1v) is 12.5. The molecule has 0 atom stereocenters. The van der Waals surface area contributed by atoms with Crippen molar-refractivity contribution in [1.82, 2.24) is 4.31 Å². The van der Waals surface area contributed by atoms with E-state index < -0.39 is 5.91 Å². The number of allylic oxidation sites excluding steroid dienone is 4. The Labute approximate surface area is 186 Å². The van der Waals surface area contributed by atoms with Gasteiger partial charge in [-0.2, -0.15) is 0 Å². The Kier molecular flexibility index (Phi) is 7.12. The summed E-state index contributed by atoms with van der Waals surface area (Å²) in [4.78, 5) is 27.4. The van der Waals surface area contributed by atoms with Crippen LogP contribution < -0.4 is 11.1 Å². The SMILES string of the molecule is NC(=O)c1c(NC(=O)C2=CCC(SN3CCCCCC3)=CC=C2)sc2c1CCCC2. The third kappa shape index (κ3) is 5.07. The van der Waals surface area contributed by atoms with Crippen LogP contribution in [-0.2, 0) is 17.6 Å². The molecule has 2 heterocycles. The van der Waals surface area contributed by atoms with E-state index in [1.807, 2.05) is 30.2 Å². The van der Waals surface area contributed by atoms with Crippen LogP contribution in [0, 0.1) is 0 Å². The van der Waals surface area contributed by atoms with Crippen molar-refractivity contribution in [2.24, 2.45) is 5.73 Å².